The highest BCUT2D eigenvalue weighted by Gasteiger charge is 2.21. The minimum Gasteiger partial charge on any atom is -0.383 e. The van der Waals surface area contributed by atoms with E-state index in [4.69, 9.17) is 15.7 Å². The fourth-order valence-corrected chi connectivity index (χ4v) is 1.20. The van der Waals surface area contributed by atoms with Crippen LogP contribution in [0, 0.1) is 11.3 Å². The van der Waals surface area contributed by atoms with E-state index in [1.54, 1.807) is 7.11 Å². The molecule has 1 fully saturated rings. The maximum absolute atomic E-state index is 8.53. The molecule has 5 heteroatoms. The summed E-state index contributed by atoms with van der Waals surface area (Å²) in [6.45, 7) is 1.93. The average molecular weight is 210 g/mol. The summed E-state index contributed by atoms with van der Waals surface area (Å²) in [6, 6.07) is 2.52. The Labute approximate surface area is 90.5 Å². The SMILES string of the molecule is COCCN(CCC#N)C(N)=NC1CC1. The van der Waals surface area contributed by atoms with Gasteiger partial charge in [0.1, 0.15) is 0 Å². The van der Waals surface area contributed by atoms with E-state index in [1.165, 1.54) is 0 Å². The minimum atomic E-state index is 0.414. The van der Waals surface area contributed by atoms with Gasteiger partial charge >= 0.3 is 0 Å². The lowest BCUT2D eigenvalue weighted by Crippen LogP contribution is -2.40. The predicted octanol–water partition coefficient (Wildman–Crippen LogP) is 0.326. The number of hydrogen-bond acceptors (Lipinski definition) is 3. The molecule has 0 radical (unpaired) electrons. The fourth-order valence-electron chi connectivity index (χ4n) is 1.20. The largest absolute Gasteiger partial charge is 0.383 e. The fraction of sp³-hybridized carbons (Fsp3) is 0.800. The number of nitriles is 1. The zero-order valence-corrected chi connectivity index (χ0v) is 9.15. The number of hydrogen-bond donors (Lipinski definition) is 1. The molecular weight excluding hydrogens is 192 g/mol. The van der Waals surface area contributed by atoms with Crippen molar-refractivity contribution in [2.24, 2.45) is 10.7 Å². The van der Waals surface area contributed by atoms with Crippen LogP contribution in [0.2, 0.25) is 0 Å². The molecule has 1 aliphatic carbocycles. The molecule has 0 heterocycles. The van der Waals surface area contributed by atoms with Crippen molar-refractivity contribution >= 4 is 5.96 Å². The minimum absolute atomic E-state index is 0.414. The van der Waals surface area contributed by atoms with Crippen LogP contribution in [0.5, 0.6) is 0 Å². The van der Waals surface area contributed by atoms with Crippen molar-refractivity contribution in [3.8, 4) is 6.07 Å². The normalized spacial score (nSPS) is 16.1. The summed E-state index contributed by atoms with van der Waals surface area (Å²) in [4.78, 5) is 6.26. The van der Waals surface area contributed by atoms with Crippen LogP contribution < -0.4 is 5.73 Å². The average Bonchev–Trinajstić information content (AvgIpc) is 3.02. The van der Waals surface area contributed by atoms with Gasteiger partial charge < -0.3 is 15.4 Å². The molecule has 1 aliphatic rings. The maximum Gasteiger partial charge on any atom is 0.191 e. The first-order valence-electron chi connectivity index (χ1n) is 5.22. The molecule has 5 nitrogen and oxygen atoms in total. The summed E-state index contributed by atoms with van der Waals surface area (Å²) in [5, 5.41) is 8.53. The van der Waals surface area contributed by atoms with Gasteiger partial charge in [-0.05, 0) is 12.8 Å². The van der Waals surface area contributed by atoms with Gasteiger partial charge in [0.2, 0.25) is 0 Å². The highest BCUT2D eigenvalue weighted by Crippen LogP contribution is 2.23. The van der Waals surface area contributed by atoms with Gasteiger partial charge in [0.25, 0.3) is 0 Å². The Balaban J connectivity index is 2.41. The molecule has 0 bridgehead atoms. The Morgan fingerprint density at radius 1 is 1.60 bits per heavy atom. The molecule has 0 unspecified atom stereocenters. The van der Waals surface area contributed by atoms with Crippen LogP contribution in [-0.4, -0.2) is 43.7 Å². The summed E-state index contributed by atoms with van der Waals surface area (Å²) in [6.07, 6.45) is 2.73. The van der Waals surface area contributed by atoms with E-state index in [-0.39, 0.29) is 0 Å². The number of ether oxygens (including phenoxy) is 1. The predicted molar refractivity (Wildman–Crippen MR) is 58.3 cm³/mol. The van der Waals surface area contributed by atoms with E-state index in [0.717, 1.165) is 12.8 Å². The van der Waals surface area contributed by atoms with Crippen molar-refractivity contribution in [2.45, 2.75) is 25.3 Å². The molecule has 0 amide bonds. The van der Waals surface area contributed by atoms with Gasteiger partial charge in [0.15, 0.2) is 5.96 Å². The Morgan fingerprint density at radius 3 is 2.87 bits per heavy atom. The number of methoxy groups -OCH3 is 1. The second-order valence-corrected chi connectivity index (χ2v) is 3.61. The lowest BCUT2D eigenvalue weighted by molar-refractivity contribution is 0.176. The first-order valence-corrected chi connectivity index (χ1v) is 5.22. The molecule has 0 aromatic rings. The first-order chi connectivity index (χ1) is 7.27. The van der Waals surface area contributed by atoms with E-state index in [0.29, 0.717) is 38.1 Å². The maximum atomic E-state index is 8.53. The molecule has 84 valence electrons. The molecular formula is C10H18N4O. The van der Waals surface area contributed by atoms with Crippen molar-refractivity contribution in [3.05, 3.63) is 0 Å². The summed E-state index contributed by atoms with van der Waals surface area (Å²) in [5.41, 5.74) is 5.85. The Morgan fingerprint density at radius 2 is 2.33 bits per heavy atom. The second kappa shape index (κ2) is 6.25. The third-order valence-electron chi connectivity index (χ3n) is 2.24. The van der Waals surface area contributed by atoms with Gasteiger partial charge in [-0.25, -0.2) is 4.99 Å². The Bertz CT molecular complexity index is 255. The highest BCUT2D eigenvalue weighted by atomic mass is 16.5. The summed E-state index contributed by atoms with van der Waals surface area (Å²) in [5.74, 6) is 0.546. The van der Waals surface area contributed by atoms with Gasteiger partial charge in [-0.3, -0.25) is 0 Å². The third kappa shape index (κ3) is 4.66. The molecule has 1 rings (SSSR count). The summed E-state index contributed by atoms with van der Waals surface area (Å²) < 4.78 is 4.99. The topological polar surface area (TPSA) is 74.6 Å². The molecule has 0 aliphatic heterocycles. The number of rotatable bonds is 6. The van der Waals surface area contributed by atoms with Crippen molar-refractivity contribution in [1.82, 2.24) is 4.90 Å². The number of guanidine groups is 1. The van der Waals surface area contributed by atoms with Gasteiger partial charge in [-0.2, -0.15) is 5.26 Å². The third-order valence-corrected chi connectivity index (χ3v) is 2.24. The van der Waals surface area contributed by atoms with Crippen LogP contribution >= 0.6 is 0 Å². The number of nitrogens with zero attached hydrogens (tertiary/aromatic N) is 3. The number of aliphatic imine (C=N–C) groups is 1. The van der Waals surface area contributed by atoms with Crippen LogP contribution in [0.4, 0.5) is 0 Å². The van der Waals surface area contributed by atoms with Crippen LogP contribution in [-0.2, 0) is 4.74 Å². The molecule has 15 heavy (non-hydrogen) atoms. The van der Waals surface area contributed by atoms with Crippen LogP contribution in [0.1, 0.15) is 19.3 Å². The van der Waals surface area contributed by atoms with Crippen LogP contribution in [0.3, 0.4) is 0 Å². The molecule has 0 atom stereocenters. The molecule has 1 saturated carbocycles. The lowest BCUT2D eigenvalue weighted by atomic mass is 10.4. The molecule has 0 spiro atoms. The molecule has 0 aromatic heterocycles. The molecule has 0 aromatic carbocycles. The molecule has 0 saturated heterocycles. The van der Waals surface area contributed by atoms with Crippen LogP contribution in [0.25, 0.3) is 0 Å². The lowest BCUT2D eigenvalue weighted by Gasteiger charge is -2.21. The van der Waals surface area contributed by atoms with E-state index in [9.17, 15) is 0 Å². The van der Waals surface area contributed by atoms with Crippen LogP contribution in [0.15, 0.2) is 4.99 Å². The Kier molecular flexibility index (Phi) is 4.91. The Hall–Kier alpha value is -1.28. The summed E-state index contributed by atoms with van der Waals surface area (Å²) >= 11 is 0. The second-order valence-electron chi connectivity index (χ2n) is 3.61. The van der Waals surface area contributed by atoms with Crippen molar-refractivity contribution in [2.75, 3.05) is 26.8 Å². The monoisotopic (exact) mass is 210 g/mol. The standard InChI is InChI=1S/C10H18N4O/c1-15-8-7-14(6-2-5-11)10(12)13-9-3-4-9/h9H,2-4,6-8H2,1H3,(H2,12,13). The van der Waals surface area contributed by atoms with E-state index < -0.39 is 0 Å². The van der Waals surface area contributed by atoms with E-state index in [1.807, 2.05) is 4.90 Å². The van der Waals surface area contributed by atoms with Crippen molar-refractivity contribution in [1.29, 1.82) is 5.26 Å². The van der Waals surface area contributed by atoms with Crippen molar-refractivity contribution in [3.63, 3.8) is 0 Å². The highest BCUT2D eigenvalue weighted by molar-refractivity contribution is 5.78. The van der Waals surface area contributed by atoms with E-state index in [2.05, 4.69) is 11.1 Å². The smallest absolute Gasteiger partial charge is 0.191 e. The van der Waals surface area contributed by atoms with Gasteiger partial charge in [0, 0.05) is 20.2 Å². The van der Waals surface area contributed by atoms with Gasteiger partial charge in [-0.15, -0.1) is 0 Å². The zero-order valence-electron chi connectivity index (χ0n) is 9.15. The molecule has 2 N–H and O–H groups in total. The summed E-state index contributed by atoms with van der Waals surface area (Å²) in [7, 11) is 1.65. The quantitative estimate of drug-likeness (QED) is 0.506. The number of nitrogens with two attached hydrogens (primary N) is 1. The van der Waals surface area contributed by atoms with E-state index >= 15 is 0 Å². The van der Waals surface area contributed by atoms with Crippen molar-refractivity contribution < 1.29 is 4.74 Å². The van der Waals surface area contributed by atoms with Gasteiger partial charge in [-0.1, -0.05) is 0 Å². The van der Waals surface area contributed by atoms with Gasteiger partial charge in [0.05, 0.1) is 25.1 Å². The first kappa shape index (κ1) is 11.8. The zero-order chi connectivity index (χ0) is 11.1.